The van der Waals surface area contributed by atoms with Crippen LogP contribution in [0.5, 0.6) is 0 Å². The minimum absolute atomic E-state index is 0.0493. The molecule has 0 unspecified atom stereocenters. The van der Waals surface area contributed by atoms with Crippen molar-refractivity contribution in [2.45, 2.75) is 5.03 Å². The summed E-state index contributed by atoms with van der Waals surface area (Å²) in [6.07, 6.45) is 3.04. The first kappa shape index (κ1) is 11.2. The third kappa shape index (κ3) is 2.87. The molecule has 0 amide bonds. The SMILES string of the molecule is O=C(CSc1ccc(Cl)cn1)c1ccco1. The van der Waals surface area contributed by atoms with Crippen molar-refractivity contribution in [1.29, 1.82) is 0 Å². The van der Waals surface area contributed by atoms with Crippen LogP contribution in [0.2, 0.25) is 5.02 Å². The highest BCUT2D eigenvalue weighted by molar-refractivity contribution is 7.99. The summed E-state index contributed by atoms with van der Waals surface area (Å²) in [4.78, 5) is 15.7. The van der Waals surface area contributed by atoms with E-state index < -0.39 is 0 Å². The summed E-state index contributed by atoms with van der Waals surface area (Å²) in [6.45, 7) is 0. The molecule has 0 aliphatic heterocycles. The smallest absolute Gasteiger partial charge is 0.208 e. The second-order valence-electron chi connectivity index (χ2n) is 3.00. The zero-order chi connectivity index (χ0) is 11.4. The number of aromatic nitrogens is 1. The van der Waals surface area contributed by atoms with Gasteiger partial charge < -0.3 is 4.42 Å². The van der Waals surface area contributed by atoms with E-state index in [0.717, 1.165) is 5.03 Å². The van der Waals surface area contributed by atoms with Gasteiger partial charge in [-0.3, -0.25) is 4.79 Å². The fourth-order valence-corrected chi connectivity index (χ4v) is 1.92. The number of carbonyl (C=O) groups excluding carboxylic acids is 1. The molecular formula is C11H8ClNO2S. The lowest BCUT2D eigenvalue weighted by Crippen LogP contribution is -2.00. The van der Waals surface area contributed by atoms with Gasteiger partial charge in [-0.1, -0.05) is 23.4 Å². The predicted octanol–water partition coefficient (Wildman–Crippen LogP) is 3.30. The molecule has 2 aromatic rings. The van der Waals surface area contributed by atoms with Crippen LogP contribution in [0.4, 0.5) is 0 Å². The van der Waals surface area contributed by atoms with Crippen LogP contribution in [-0.2, 0) is 0 Å². The lowest BCUT2D eigenvalue weighted by Gasteiger charge is -1.98. The van der Waals surface area contributed by atoms with E-state index in [9.17, 15) is 4.79 Å². The molecular weight excluding hydrogens is 246 g/mol. The Morgan fingerprint density at radius 3 is 2.94 bits per heavy atom. The highest BCUT2D eigenvalue weighted by Gasteiger charge is 2.09. The molecule has 2 heterocycles. The van der Waals surface area contributed by atoms with Gasteiger partial charge in [-0.25, -0.2) is 4.98 Å². The largest absolute Gasteiger partial charge is 0.461 e. The van der Waals surface area contributed by atoms with Crippen molar-refractivity contribution < 1.29 is 9.21 Å². The third-order valence-corrected chi connectivity index (χ3v) is 3.01. The molecule has 5 heteroatoms. The summed E-state index contributed by atoms with van der Waals surface area (Å²) in [7, 11) is 0. The van der Waals surface area contributed by atoms with Crippen molar-refractivity contribution in [3.05, 3.63) is 47.5 Å². The molecule has 0 saturated heterocycles. The molecule has 2 aromatic heterocycles. The van der Waals surface area contributed by atoms with Crippen LogP contribution in [0.15, 0.2) is 46.2 Å². The van der Waals surface area contributed by atoms with E-state index in [1.807, 2.05) is 0 Å². The Morgan fingerprint density at radius 1 is 1.44 bits per heavy atom. The number of carbonyl (C=O) groups is 1. The molecule has 0 aliphatic rings. The molecule has 0 radical (unpaired) electrons. The number of Topliss-reactive ketones (excluding diaryl/α,β-unsaturated/α-hetero) is 1. The monoisotopic (exact) mass is 253 g/mol. The van der Waals surface area contributed by atoms with E-state index in [0.29, 0.717) is 16.5 Å². The average Bonchev–Trinajstić information content (AvgIpc) is 2.81. The summed E-state index contributed by atoms with van der Waals surface area (Å²) in [6, 6.07) is 6.87. The lowest BCUT2D eigenvalue weighted by atomic mass is 10.3. The van der Waals surface area contributed by atoms with Crippen LogP contribution < -0.4 is 0 Å². The Balaban J connectivity index is 1.93. The first-order valence-electron chi connectivity index (χ1n) is 4.57. The second kappa shape index (κ2) is 5.18. The number of ketones is 1. The summed E-state index contributed by atoms with van der Waals surface area (Å²) in [5.41, 5.74) is 0. The number of halogens is 1. The molecule has 0 aliphatic carbocycles. The van der Waals surface area contributed by atoms with Crippen LogP contribution >= 0.6 is 23.4 Å². The van der Waals surface area contributed by atoms with E-state index in [2.05, 4.69) is 4.98 Å². The van der Waals surface area contributed by atoms with Crippen molar-refractivity contribution in [3.63, 3.8) is 0 Å². The number of thioether (sulfide) groups is 1. The zero-order valence-electron chi connectivity index (χ0n) is 8.22. The number of furan rings is 1. The van der Waals surface area contributed by atoms with E-state index in [4.69, 9.17) is 16.0 Å². The van der Waals surface area contributed by atoms with E-state index in [1.54, 1.807) is 30.5 Å². The summed E-state index contributed by atoms with van der Waals surface area (Å²) in [5.74, 6) is 0.635. The summed E-state index contributed by atoms with van der Waals surface area (Å²) in [5, 5.41) is 1.35. The molecule has 0 atom stereocenters. The minimum atomic E-state index is -0.0493. The van der Waals surface area contributed by atoms with Crippen molar-refractivity contribution in [3.8, 4) is 0 Å². The molecule has 3 nitrogen and oxygen atoms in total. The quantitative estimate of drug-likeness (QED) is 0.619. The fourth-order valence-electron chi connectivity index (χ4n) is 1.10. The van der Waals surface area contributed by atoms with Crippen LogP contribution in [0, 0.1) is 0 Å². The van der Waals surface area contributed by atoms with Crippen LogP contribution in [0.1, 0.15) is 10.6 Å². The van der Waals surface area contributed by atoms with Gasteiger partial charge in [0.25, 0.3) is 0 Å². The van der Waals surface area contributed by atoms with Gasteiger partial charge in [0.2, 0.25) is 5.78 Å². The van der Waals surface area contributed by atoms with E-state index in [-0.39, 0.29) is 5.78 Å². The first-order chi connectivity index (χ1) is 7.75. The molecule has 0 fully saturated rings. The highest BCUT2D eigenvalue weighted by atomic mass is 35.5. The normalized spacial score (nSPS) is 10.3. The fraction of sp³-hybridized carbons (Fsp3) is 0.0909. The average molecular weight is 254 g/mol. The molecule has 0 spiro atoms. The Kier molecular flexibility index (Phi) is 3.64. The molecule has 0 aromatic carbocycles. The maximum absolute atomic E-state index is 11.6. The lowest BCUT2D eigenvalue weighted by molar-refractivity contribution is 0.0992. The molecule has 0 bridgehead atoms. The number of hydrogen-bond acceptors (Lipinski definition) is 4. The van der Waals surface area contributed by atoms with Crippen LogP contribution in [0.25, 0.3) is 0 Å². The maximum atomic E-state index is 11.6. The number of hydrogen-bond donors (Lipinski definition) is 0. The Hall–Kier alpha value is -1.26. The number of pyridine rings is 1. The van der Waals surface area contributed by atoms with Gasteiger partial charge in [0.15, 0.2) is 5.76 Å². The van der Waals surface area contributed by atoms with E-state index >= 15 is 0 Å². The standard InChI is InChI=1S/C11H8ClNO2S/c12-8-3-4-11(13-6-8)16-7-9(14)10-2-1-5-15-10/h1-6H,7H2. The van der Waals surface area contributed by atoms with Crippen molar-refractivity contribution >= 4 is 29.1 Å². The zero-order valence-corrected chi connectivity index (χ0v) is 9.79. The van der Waals surface area contributed by atoms with Gasteiger partial charge in [0, 0.05) is 6.20 Å². The Morgan fingerprint density at radius 2 is 2.31 bits per heavy atom. The predicted molar refractivity (Wildman–Crippen MR) is 63.0 cm³/mol. The Labute approximate surface area is 102 Å². The summed E-state index contributed by atoms with van der Waals surface area (Å²) < 4.78 is 5.00. The second-order valence-corrected chi connectivity index (χ2v) is 4.44. The first-order valence-corrected chi connectivity index (χ1v) is 5.93. The van der Waals surface area contributed by atoms with Crippen LogP contribution in [-0.4, -0.2) is 16.5 Å². The topological polar surface area (TPSA) is 43.1 Å². The van der Waals surface area contributed by atoms with Gasteiger partial charge in [0.1, 0.15) is 0 Å². The number of nitrogens with zero attached hydrogens (tertiary/aromatic N) is 1. The molecule has 0 saturated carbocycles. The number of rotatable bonds is 4. The minimum Gasteiger partial charge on any atom is -0.461 e. The maximum Gasteiger partial charge on any atom is 0.208 e. The highest BCUT2D eigenvalue weighted by Crippen LogP contribution is 2.18. The van der Waals surface area contributed by atoms with Crippen molar-refractivity contribution in [2.75, 3.05) is 5.75 Å². The molecule has 2 rings (SSSR count). The van der Waals surface area contributed by atoms with Gasteiger partial charge >= 0.3 is 0 Å². The van der Waals surface area contributed by atoms with Crippen molar-refractivity contribution in [1.82, 2.24) is 4.98 Å². The van der Waals surface area contributed by atoms with Gasteiger partial charge in [0.05, 0.1) is 22.1 Å². The van der Waals surface area contributed by atoms with Crippen LogP contribution in [0.3, 0.4) is 0 Å². The molecule has 16 heavy (non-hydrogen) atoms. The summed E-state index contributed by atoms with van der Waals surface area (Å²) >= 11 is 7.06. The van der Waals surface area contributed by atoms with Crippen molar-refractivity contribution in [2.24, 2.45) is 0 Å². The van der Waals surface area contributed by atoms with Gasteiger partial charge in [-0.15, -0.1) is 0 Å². The van der Waals surface area contributed by atoms with Gasteiger partial charge in [-0.05, 0) is 24.3 Å². The third-order valence-electron chi connectivity index (χ3n) is 1.85. The van der Waals surface area contributed by atoms with Gasteiger partial charge in [-0.2, -0.15) is 0 Å². The van der Waals surface area contributed by atoms with E-state index in [1.165, 1.54) is 18.0 Å². The molecule has 0 N–H and O–H groups in total. The molecule has 82 valence electrons. The Bertz CT molecular complexity index is 467.